The van der Waals surface area contributed by atoms with Gasteiger partial charge in [0.25, 0.3) is 0 Å². The van der Waals surface area contributed by atoms with E-state index in [9.17, 15) is 4.79 Å². The van der Waals surface area contributed by atoms with E-state index in [0.717, 1.165) is 53.8 Å². The van der Waals surface area contributed by atoms with Gasteiger partial charge in [0.05, 0.1) is 52.2 Å². The molecule has 2 heterocycles. The number of nitrogens with zero attached hydrogens (tertiary/aromatic N) is 4. The Balaban J connectivity index is 1.75. The van der Waals surface area contributed by atoms with Gasteiger partial charge in [-0.3, -0.25) is 0 Å². The van der Waals surface area contributed by atoms with Gasteiger partial charge in [0.2, 0.25) is 5.95 Å². The Morgan fingerprint density at radius 3 is 2.56 bits per heavy atom. The summed E-state index contributed by atoms with van der Waals surface area (Å²) in [4.78, 5) is 23.5. The maximum atomic E-state index is 13.0. The topological polar surface area (TPSA) is 146 Å². The molecule has 1 amide bonds. The maximum absolute atomic E-state index is 13.0. The van der Waals surface area contributed by atoms with Gasteiger partial charge in [-0.15, -0.1) is 0 Å². The second kappa shape index (κ2) is 16.9. The standard InChI is InChI=1S/C31H48N6O6/c1-6-7-8-12-33-28-27-25(34-29(32)35-28)11-13-36(27)22-24-10-9-23(20-26(24)40-5)21-37(30(39)43-31(2,3)4)14-16-41-18-19-42-17-15-38/h9-11,13,20,38H,6-8,12,14-19,21-22H2,1-5H3,(H3,32,33,34,35). The van der Waals surface area contributed by atoms with Crippen LogP contribution in [0.5, 0.6) is 5.75 Å². The number of nitrogens with two attached hydrogens (primary N) is 1. The fraction of sp³-hybridized carbons (Fsp3) is 0.581. The molecule has 3 aromatic rings. The Labute approximate surface area is 254 Å². The zero-order valence-corrected chi connectivity index (χ0v) is 26.2. The molecule has 0 saturated heterocycles. The van der Waals surface area contributed by atoms with Crippen molar-refractivity contribution >= 4 is 28.9 Å². The number of methoxy groups -OCH3 is 1. The quantitative estimate of drug-likeness (QED) is 0.179. The van der Waals surface area contributed by atoms with Crippen molar-refractivity contribution in [2.75, 3.05) is 64.3 Å². The molecule has 0 atom stereocenters. The average Bonchev–Trinajstić information content (AvgIpc) is 3.36. The minimum atomic E-state index is -0.631. The second-order valence-corrected chi connectivity index (χ2v) is 11.2. The highest BCUT2D eigenvalue weighted by Gasteiger charge is 2.23. The number of amides is 1. The number of aliphatic hydroxyl groups is 1. The van der Waals surface area contributed by atoms with Crippen LogP contribution in [0.1, 0.15) is 58.1 Å². The van der Waals surface area contributed by atoms with E-state index >= 15 is 0 Å². The van der Waals surface area contributed by atoms with E-state index in [2.05, 4.69) is 26.8 Å². The number of nitrogen functional groups attached to an aromatic ring is 1. The number of anilines is 2. The molecule has 0 aliphatic carbocycles. The highest BCUT2D eigenvalue weighted by molar-refractivity contribution is 5.87. The van der Waals surface area contributed by atoms with Crippen molar-refractivity contribution in [3.8, 4) is 5.75 Å². The molecule has 2 aromatic heterocycles. The number of rotatable bonds is 18. The summed E-state index contributed by atoms with van der Waals surface area (Å²) in [6.45, 7) is 11.0. The zero-order valence-electron chi connectivity index (χ0n) is 26.2. The van der Waals surface area contributed by atoms with Crippen LogP contribution >= 0.6 is 0 Å². The van der Waals surface area contributed by atoms with Gasteiger partial charge in [0.15, 0.2) is 5.82 Å². The highest BCUT2D eigenvalue weighted by atomic mass is 16.6. The molecule has 0 aliphatic heterocycles. The summed E-state index contributed by atoms with van der Waals surface area (Å²) >= 11 is 0. The molecule has 0 spiro atoms. The minimum absolute atomic E-state index is 0.0301. The van der Waals surface area contributed by atoms with Crippen LogP contribution in [0.4, 0.5) is 16.6 Å². The lowest BCUT2D eigenvalue weighted by molar-refractivity contribution is 0.00628. The third-order valence-electron chi connectivity index (χ3n) is 6.53. The molecular formula is C31H48N6O6. The van der Waals surface area contributed by atoms with Crippen LogP contribution in [0.2, 0.25) is 0 Å². The molecule has 0 unspecified atom stereocenters. The van der Waals surface area contributed by atoms with E-state index in [1.165, 1.54) is 0 Å². The van der Waals surface area contributed by atoms with Crippen molar-refractivity contribution in [1.82, 2.24) is 19.4 Å². The summed E-state index contributed by atoms with van der Waals surface area (Å²) in [5, 5.41) is 12.2. The summed E-state index contributed by atoms with van der Waals surface area (Å²) in [6.07, 6.45) is 4.87. The van der Waals surface area contributed by atoms with Gasteiger partial charge in [0.1, 0.15) is 16.9 Å². The molecule has 0 bridgehead atoms. The van der Waals surface area contributed by atoms with Crippen LogP contribution in [0, 0.1) is 0 Å². The van der Waals surface area contributed by atoms with Crippen LogP contribution in [0.15, 0.2) is 30.5 Å². The summed E-state index contributed by atoms with van der Waals surface area (Å²) in [7, 11) is 1.64. The van der Waals surface area contributed by atoms with E-state index in [1.807, 2.05) is 51.2 Å². The third kappa shape index (κ3) is 10.9. The van der Waals surface area contributed by atoms with E-state index < -0.39 is 11.7 Å². The molecule has 238 valence electrons. The number of ether oxygens (including phenoxy) is 4. The van der Waals surface area contributed by atoms with Crippen molar-refractivity contribution in [2.24, 2.45) is 0 Å². The van der Waals surface area contributed by atoms with Gasteiger partial charge in [-0.05, 0) is 44.9 Å². The van der Waals surface area contributed by atoms with Crippen molar-refractivity contribution in [3.05, 3.63) is 41.6 Å². The van der Waals surface area contributed by atoms with Crippen LogP contribution in [-0.4, -0.2) is 89.5 Å². The van der Waals surface area contributed by atoms with E-state index in [-0.39, 0.29) is 19.2 Å². The second-order valence-electron chi connectivity index (χ2n) is 11.2. The lowest BCUT2D eigenvalue weighted by Gasteiger charge is -2.27. The van der Waals surface area contributed by atoms with Gasteiger partial charge in [0, 0.05) is 31.4 Å². The smallest absolute Gasteiger partial charge is 0.410 e. The average molecular weight is 601 g/mol. The molecular weight excluding hydrogens is 552 g/mol. The number of fused-ring (bicyclic) bond motifs is 1. The Morgan fingerprint density at radius 2 is 1.86 bits per heavy atom. The first-order chi connectivity index (χ1) is 20.6. The number of benzene rings is 1. The SMILES string of the molecule is CCCCCNc1nc(N)nc2ccn(Cc3ccc(CN(CCOCCOCCO)C(=O)OC(C)(C)C)cc3OC)c12. The molecule has 12 nitrogen and oxygen atoms in total. The number of aliphatic hydroxyl groups excluding tert-OH is 1. The Hall–Kier alpha value is -3.61. The van der Waals surface area contributed by atoms with Crippen LogP contribution in [0.3, 0.4) is 0 Å². The first-order valence-electron chi connectivity index (χ1n) is 14.9. The van der Waals surface area contributed by atoms with Crippen molar-refractivity contribution in [1.29, 1.82) is 0 Å². The van der Waals surface area contributed by atoms with Gasteiger partial charge >= 0.3 is 6.09 Å². The van der Waals surface area contributed by atoms with Crippen molar-refractivity contribution in [2.45, 2.75) is 65.6 Å². The Morgan fingerprint density at radius 1 is 1.09 bits per heavy atom. The third-order valence-corrected chi connectivity index (χ3v) is 6.53. The molecule has 0 aliphatic rings. The molecule has 43 heavy (non-hydrogen) atoms. The number of aromatic nitrogens is 3. The highest BCUT2D eigenvalue weighted by Crippen LogP contribution is 2.27. The molecule has 1 aromatic carbocycles. The number of unbranched alkanes of at least 4 members (excludes halogenated alkanes) is 2. The maximum Gasteiger partial charge on any atom is 0.410 e. The summed E-state index contributed by atoms with van der Waals surface area (Å²) < 4.78 is 24.4. The van der Waals surface area contributed by atoms with Gasteiger partial charge in [-0.2, -0.15) is 4.98 Å². The number of carbonyl (C=O) groups excluding carboxylic acids is 1. The lowest BCUT2D eigenvalue weighted by Crippen LogP contribution is -2.38. The van der Waals surface area contributed by atoms with Gasteiger partial charge in [-0.25, -0.2) is 9.78 Å². The molecule has 0 radical (unpaired) electrons. The monoisotopic (exact) mass is 600 g/mol. The summed E-state index contributed by atoms with van der Waals surface area (Å²) in [5.74, 6) is 1.66. The normalized spacial score (nSPS) is 11.6. The first-order valence-corrected chi connectivity index (χ1v) is 14.9. The molecule has 0 saturated carbocycles. The van der Waals surface area contributed by atoms with Crippen molar-refractivity contribution < 1.29 is 28.8 Å². The molecule has 3 rings (SSSR count). The first kappa shape index (κ1) is 33.9. The Kier molecular flexibility index (Phi) is 13.3. The molecule has 12 heteroatoms. The van der Waals surface area contributed by atoms with Crippen LogP contribution in [-0.2, 0) is 27.3 Å². The predicted octanol–water partition coefficient (Wildman–Crippen LogP) is 4.44. The minimum Gasteiger partial charge on any atom is -0.496 e. The Bertz CT molecular complexity index is 1290. The van der Waals surface area contributed by atoms with Crippen LogP contribution in [0.25, 0.3) is 11.0 Å². The van der Waals surface area contributed by atoms with E-state index in [4.69, 9.17) is 29.8 Å². The number of nitrogens with one attached hydrogen (secondary N) is 1. The molecule has 4 N–H and O–H groups in total. The van der Waals surface area contributed by atoms with E-state index in [0.29, 0.717) is 45.2 Å². The number of hydrogen-bond acceptors (Lipinski definition) is 10. The summed E-state index contributed by atoms with van der Waals surface area (Å²) in [6, 6.07) is 7.88. The number of carbonyl (C=O) groups is 1. The largest absolute Gasteiger partial charge is 0.496 e. The van der Waals surface area contributed by atoms with Gasteiger partial charge in [-0.1, -0.05) is 31.9 Å². The summed E-state index contributed by atoms with van der Waals surface area (Å²) in [5.41, 5.74) is 8.87. The predicted molar refractivity (Wildman–Crippen MR) is 167 cm³/mol. The number of hydrogen-bond donors (Lipinski definition) is 3. The fourth-order valence-corrected chi connectivity index (χ4v) is 4.51. The van der Waals surface area contributed by atoms with Crippen molar-refractivity contribution in [3.63, 3.8) is 0 Å². The van der Waals surface area contributed by atoms with Crippen LogP contribution < -0.4 is 15.8 Å². The van der Waals surface area contributed by atoms with E-state index in [1.54, 1.807) is 12.0 Å². The fourth-order valence-electron chi connectivity index (χ4n) is 4.51. The lowest BCUT2D eigenvalue weighted by atomic mass is 10.1. The zero-order chi connectivity index (χ0) is 31.2. The van der Waals surface area contributed by atoms with Gasteiger partial charge < -0.3 is 44.6 Å². The molecule has 0 fully saturated rings.